The predicted molar refractivity (Wildman–Crippen MR) is 160 cm³/mol. The van der Waals surface area contributed by atoms with Crippen LogP contribution in [0.2, 0.25) is 0 Å². The van der Waals surface area contributed by atoms with Crippen molar-refractivity contribution >= 4 is 34.4 Å². The van der Waals surface area contributed by atoms with Crippen molar-refractivity contribution in [1.29, 1.82) is 0 Å². The lowest BCUT2D eigenvalue weighted by molar-refractivity contribution is -0.122. The number of carbonyl (C=O) groups excluding carboxylic acids is 2. The van der Waals surface area contributed by atoms with Gasteiger partial charge in [-0.2, -0.15) is 0 Å². The molecule has 0 aliphatic heterocycles. The van der Waals surface area contributed by atoms with Gasteiger partial charge in [-0.25, -0.2) is 9.97 Å². The molecule has 5 aliphatic rings. The minimum Gasteiger partial charge on any atom is -0.337 e. The Hall–Kier alpha value is -3.22. The molecular formula is C34H41N5O2. The first-order valence-corrected chi connectivity index (χ1v) is 16.1. The van der Waals surface area contributed by atoms with E-state index in [1.54, 1.807) is 6.20 Å². The Morgan fingerprint density at radius 1 is 0.732 bits per heavy atom. The molecule has 0 radical (unpaired) electrons. The number of amides is 2. The van der Waals surface area contributed by atoms with E-state index in [1.165, 1.54) is 51.4 Å². The fourth-order valence-electron chi connectivity index (χ4n) is 9.62. The first kappa shape index (κ1) is 25.5. The molecule has 3 aromatic rings. The third-order valence-corrected chi connectivity index (χ3v) is 11.4. The molecule has 5 aliphatic carbocycles. The number of pyridine rings is 1. The Morgan fingerprint density at radius 2 is 1.37 bits per heavy atom. The third kappa shape index (κ3) is 5.06. The summed E-state index contributed by atoms with van der Waals surface area (Å²) in [4.78, 5) is 39.0. The van der Waals surface area contributed by atoms with Crippen molar-refractivity contribution in [3.8, 4) is 11.4 Å². The van der Waals surface area contributed by atoms with Crippen LogP contribution in [-0.2, 0) is 9.59 Å². The highest BCUT2D eigenvalue weighted by molar-refractivity contribution is 5.94. The molecule has 5 fully saturated rings. The number of anilines is 2. The number of aromatic nitrogens is 3. The van der Waals surface area contributed by atoms with Crippen molar-refractivity contribution < 1.29 is 9.59 Å². The van der Waals surface area contributed by atoms with Gasteiger partial charge >= 0.3 is 0 Å². The van der Waals surface area contributed by atoms with Crippen molar-refractivity contribution in [3.05, 3.63) is 36.5 Å². The Balaban J connectivity index is 0.919. The van der Waals surface area contributed by atoms with Crippen LogP contribution in [-0.4, -0.2) is 26.8 Å². The quantitative estimate of drug-likeness (QED) is 0.313. The molecule has 1 aromatic carbocycles. The van der Waals surface area contributed by atoms with Crippen LogP contribution in [0.5, 0.6) is 0 Å². The van der Waals surface area contributed by atoms with E-state index in [1.807, 2.05) is 30.3 Å². The molecular weight excluding hydrogens is 510 g/mol. The van der Waals surface area contributed by atoms with E-state index in [0.29, 0.717) is 5.82 Å². The molecule has 7 atom stereocenters. The number of fused-ring (bicyclic) bond motifs is 5. The molecule has 5 saturated carbocycles. The zero-order valence-corrected chi connectivity index (χ0v) is 23.8. The second-order valence-electron chi connectivity index (χ2n) is 14.2. The average Bonchev–Trinajstić information content (AvgIpc) is 3.48. The Labute approximate surface area is 241 Å². The topological polar surface area (TPSA) is 99.8 Å². The number of rotatable bonds is 5. The average molecular weight is 552 g/mol. The van der Waals surface area contributed by atoms with E-state index in [0.717, 1.165) is 89.3 Å². The lowest BCUT2D eigenvalue weighted by Crippen LogP contribution is -2.33. The largest absolute Gasteiger partial charge is 0.337 e. The maximum Gasteiger partial charge on any atom is 0.228 e. The summed E-state index contributed by atoms with van der Waals surface area (Å²) in [6, 6.07) is 9.77. The van der Waals surface area contributed by atoms with E-state index in [2.05, 4.69) is 20.6 Å². The summed E-state index contributed by atoms with van der Waals surface area (Å²) in [6.45, 7) is 0. The molecule has 2 amide bonds. The molecule has 214 valence electrons. The highest BCUT2D eigenvalue weighted by Crippen LogP contribution is 2.54. The summed E-state index contributed by atoms with van der Waals surface area (Å²) in [5, 5.41) is 6.28. The summed E-state index contributed by atoms with van der Waals surface area (Å²) in [6.07, 6.45) is 16.5. The number of hydrogen-bond donors (Lipinski definition) is 3. The maximum atomic E-state index is 13.3. The number of hydrogen-bond acceptors (Lipinski definition) is 4. The number of imidazole rings is 1. The molecule has 8 rings (SSSR count). The van der Waals surface area contributed by atoms with Gasteiger partial charge in [-0.3, -0.25) is 9.59 Å². The highest BCUT2D eigenvalue weighted by Gasteiger charge is 2.46. The second kappa shape index (κ2) is 10.2. The maximum absolute atomic E-state index is 13.3. The molecule has 5 bridgehead atoms. The molecule has 7 heteroatoms. The minimum atomic E-state index is 0.0954. The van der Waals surface area contributed by atoms with Crippen LogP contribution in [0.4, 0.5) is 11.5 Å². The third-order valence-electron chi connectivity index (χ3n) is 11.4. The monoisotopic (exact) mass is 551 g/mol. The van der Waals surface area contributed by atoms with Gasteiger partial charge < -0.3 is 15.6 Å². The van der Waals surface area contributed by atoms with Crippen molar-refractivity contribution in [1.82, 2.24) is 15.0 Å². The molecule has 0 spiro atoms. The van der Waals surface area contributed by atoms with E-state index in [9.17, 15) is 9.59 Å². The van der Waals surface area contributed by atoms with Crippen molar-refractivity contribution in [2.75, 3.05) is 10.6 Å². The molecule has 7 unspecified atom stereocenters. The van der Waals surface area contributed by atoms with Gasteiger partial charge in [0.15, 0.2) is 0 Å². The first-order valence-electron chi connectivity index (χ1n) is 16.1. The normalized spacial score (nSPS) is 33.9. The van der Waals surface area contributed by atoms with Gasteiger partial charge in [0.25, 0.3) is 0 Å². The highest BCUT2D eigenvalue weighted by atomic mass is 16.2. The van der Waals surface area contributed by atoms with Crippen LogP contribution >= 0.6 is 0 Å². The van der Waals surface area contributed by atoms with Gasteiger partial charge in [-0.05, 0) is 118 Å². The smallest absolute Gasteiger partial charge is 0.228 e. The zero-order valence-electron chi connectivity index (χ0n) is 23.8. The molecule has 3 N–H and O–H groups in total. The van der Waals surface area contributed by atoms with Crippen LogP contribution in [0, 0.1) is 47.3 Å². The number of H-pyrrole nitrogens is 1. The van der Waals surface area contributed by atoms with Gasteiger partial charge in [0.1, 0.15) is 11.6 Å². The van der Waals surface area contributed by atoms with Crippen LogP contribution in [0.3, 0.4) is 0 Å². The number of aromatic amines is 1. The summed E-state index contributed by atoms with van der Waals surface area (Å²) in [5.41, 5.74) is 3.39. The van der Waals surface area contributed by atoms with E-state index in [-0.39, 0.29) is 23.7 Å². The molecule has 0 saturated heterocycles. The van der Waals surface area contributed by atoms with Gasteiger partial charge in [-0.1, -0.05) is 19.3 Å². The zero-order chi connectivity index (χ0) is 27.5. The summed E-state index contributed by atoms with van der Waals surface area (Å²) >= 11 is 0. The second-order valence-corrected chi connectivity index (χ2v) is 14.2. The summed E-state index contributed by atoms with van der Waals surface area (Å²) in [5.74, 6) is 6.55. The van der Waals surface area contributed by atoms with Crippen molar-refractivity contribution in [2.45, 2.75) is 77.0 Å². The van der Waals surface area contributed by atoms with E-state index < -0.39 is 0 Å². The molecule has 41 heavy (non-hydrogen) atoms. The van der Waals surface area contributed by atoms with Gasteiger partial charge in [0.05, 0.1) is 17.2 Å². The van der Waals surface area contributed by atoms with Crippen LogP contribution in [0.1, 0.15) is 77.0 Å². The van der Waals surface area contributed by atoms with Gasteiger partial charge in [0.2, 0.25) is 11.8 Å². The Kier molecular flexibility index (Phi) is 6.37. The number of carbonyl (C=O) groups is 2. The Bertz CT molecular complexity index is 1450. The summed E-state index contributed by atoms with van der Waals surface area (Å²) in [7, 11) is 0. The van der Waals surface area contributed by atoms with Gasteiger partial charge in [0, 0.05) is 29.2 Å². The fourth-order valence-corrected chi connectivity index (χ4v) is 9.62. The SMILES string of the molecule is O=C(Nc1ccc(-c2nc3cc(NC(=O)C4CC5CC6CC(C5)C(C6)C4)ncc3[nH]2)cc1)C1CC2CCCC(C2)C1. The van der Waals surface area contributed by atoms with Crippen LogP contribution in [0.15, 0.2) is 36.5 Å². The van der Waals surface area contributed by atoms with E-state index in [4.69, 9.17) is 4.98 Å². The molecule has 2 aromatic heterocycles. The number of benzene rings is 1. The lowest BCUT2D eigenvalue weighted by atomic mass is 9.68. The minimum absolute atomic E-state index is 0.0954. The summed E-state index contributed by atoms with van der Waals surface area (Å²) < 4.78 is 0. The number of nitrogens with zero attached hydrogens (tertiary/aromatic N) is 2. The van der Waals surface area contributed by atoms with Crippen LogP contribution < -0.4 is 10.6 Å². The number of nitrogens with one attached hydrogen (secondary N) is 3. The van der Waals surface area contributed by atoms with E-state index >= 15 is 0 Å². The van der Waals surface area contributed by atoms with Crippen LogP contribution in [0.25, 0.3) is 22.4 Å². The molecule has 2 heterocycles. The first-order chi connectivity index (χ1) is 20.0. The lowest BCUT2D eigenvalue weighted by Gasteiger charge is -2.38. The molecule has 7 nitrogen and oxygen atoms in total. The van der Waals surface area contributed by atoms with Crippen molar-refractivity contribution in [2.24, 2.45) is 47.3 Å². The van der Waals surface area contributed by atoms with Gasteiger partial charge in [-0.15, -0.1) is 0 Å². The standard InChI is InChI=1S/C34H41N5O2/c40-33(26-10-19-2-1-3-20(8-19)11-26)36-28-6-4-23(5-7-28)32-37-29-17-31(35-18-30(29)38-32)39-34(41)27-15-22-9-21-12-24(13-22)25(14-21)16-27/h4-7,17-22,24-27H,1-3,8-16H2,(H,36,40)(H,37,38)(H,35,39,41). The predicted octanol–water partition coefficient (Wildman–Crippen LogP) is 7.18. The fraction of sp³-hybridized carbons (Fsp3) is 0.588. The van der Waals surface area contributed by atoms with Crippen molar-refractivity contribution in [3.63, 3.8) is 0 Å². The Morgan fingerprint density at radius 3 is 2.15 bits per heavy atom.